The van der Waals surface area contributed by atoms with Crippen molar-refractivity contribution in [2.75, 3.05) is 5.73 Å². The van der Waals surface area contributed by atoms with Gasteiger partial charge in [0.1, 0.15) is 29.3 Å². The van der Waals surface area contributed by atoms with E-state index in [1.54, 1.807) is 0 Å². The Morgan fingerprint density at radius 2 is 1.61 bits per heavy atom. The second kappa shape index (κ2) is 7.85. The van der Waals surface area contributed by atoms with Crippen molar-refractivity contribution < 1.29 is 9.84 Å². The van der Waals surface area contributed by atoms with Gasteiger partial charge in [-0.15, -0.1) is 0 Å². The number of aliphatic hydroxyl groups is 1. The summed E-state index contributed by atoms with van der Waals surface area (Å²) in [7, 11) is 0. The summed E-state index contributed by atoms with van der Waals surface area (Å²) in [6.07, 6.45) is 7.21. The molecule has 0 spiro atoms. The zero-order valence-electron chi connectivity index (χ0n) is 18.4. The lowest BCUT2D eigenvalue weighted by Crippen LogP contribution is -2.37. The lowest BCUT2D eigenvalue weighted by molar-refractivity contribution is -0.0278. The van der Waals surface area contributed by atoms with Gasteiger partial charge in [-0.2, -0.15) is 5.10 Å². The van der Waals surface area contributed by atoms with Gasteiger partial charge in [-0.25, -0.2) is 14.6 Å². The van der Waals surface area contributed by atoms with Crippen molar-refractivity contribution in [1.29, 1.82) is 0 Å². The van der Waals surface area contributed by atoms with Crippen LogP contribution in [-0.4, -0.2) is 30.5 Å². The molecule has 168 valence electrons. The van der Waals surface area contributed by atoms with Gasteiger partial charge in [0.2, 0.25) is 0 Å². The molecule has 0 saturated heterocycles. The zero-order chi connectivity index (χ0) is 22.4. The Morgan fingerprint density at radius 1 is 0.909 bits per heavy atom. The quantitative estimate of drug-likeness (QED) is 0.446. The van der Waals surface area contributed by atoms with Crippen LogP contribution in [0.1, 0.15) is 44.6 Å². The Morgan fingerprint density at radius 3 is 2.30 bits per heavy atom. The van der Waals surface area contributed by atoms with E-state index in [0.717, 1.165) is 72.3 Å². The van der Waals surface area contributed by atoms with Crippen molar-refractivity contribution in [3.05, 3.63) is 60.9 Å². The molecule has 0 atom stereocenters. The van der Waals surface area contributed by atoms with Crippen LogP contribution in [0.15, 0.2) is 60.9 Å². The van der Waals surface area contributed by atoms with Crippen LogP contribution in [0.25, 0.3) is 22.3 Å². The van der Waals surface area contributed by atoms with Gasteiger partial charge in [-0.05, 0) is 80.8 Å². The van der Waals surface area contributed by atoms with Crippen molar-refractivity contribution in [1.82, 2.24) is 19.7 Å². The number of benzene rings is 2. The van der Waals surface area contributed by atoms with E-state index in [1.807, 2.05) is 59.3 Å². The summed E-state index contributed by atoms with van der Waals surface area (Å²) in [6, 6.07) is 17.7. The van der Waals surface area contributed by atoms with Crippen LogP contribution in [-0.2, 0) is 0 Å². The number of rotatable bonds is 5. The van der Waals surface area contributed by atoms with Crippen LogP contribution in [0.3, 0.4) is 0 Å². The maximum Gasteiger partial charge on any atom is 0.164 e. The second-order valence-electron chi connectivity index (χ2n) is 9.30. The average molecular weight is 442 g/mol. The molecule has 33 heavy (non-hydrogen) atoms. The van der Waals surface area contributed by atoms with Crippen LogP contribution < -0.4 is 10.5 Å². The van der Waals surface area contributed by atoms with Gasteiger partial charge in [0, 0.05) is 5.56 Å². The molecular formula is C26H27N5O2. The predicted octanol–water partition coefficient (Wildman–Crippen LogP) is 5.12. The molecule has 4 aromatic rings. The Hall–Kier alpha value is -3.45. The third kappa shape index (κ3) is 3.72. The van der Waals surface area contributed by atoms with Crippen LogP contribution >= 0.6 is 0 Å². The normalized spacial score (nSPS) is 23.0. The Balaban J connectivity index is 1.32. The van der Waals surface area contributed by atoms with E-state index in [1.165, 1.54) is 6.33 Å². The minimum atomic E-state index is -0.495. The van der Waals surface area contributed by atoms with E-state index < -0.39 is 5.60 Å². The van der Waals surface area contributed by atoms with Gasteiger partial charge in [-0.3, -0.25) is 0 Å². The highest BCUT2D eigenvalue weighted by atomic mass is 16.5. The van der Waals surface area contributed by atoms with Crippen molar-refractivity contribution in [3.8, 4) is 22.8 Å². The van der Waals surface area contributed by atoms with E-state index in [2.05, 4.69) is 9.97 Å². The molecule has 2 aromatic heterocycles. The van der Waals surface area contributed by atoms with E-state index >= 15 is 0 Å². The Bertz CT molecular complexity index is 1270. The van der Waals surface area contributed by atoms with E-state index in [-0.39, 0.29) is 6.04 Å². The molecule has 7 heteroatoms. The fraction of sp³-hybridized carbons (Fsp3) is 0.346. The number of nitrogen functional groups attached to an aromatic ring is 1. The maximum atomic E-state index is 11.0. The van der Waals surface area contributed by atoms with Crippen molar-refractivity contribution in [3.63, 3.8) is 0 Å². The highest BCUT2D eigenvalue weighted by Crippen LogP contribution is 2.49. The molecule has 2 fully saturated rings. The first-order chi connectivity index (χ1) is 16.1. The fourth-order valence-corrected chi connectivity index (χ4v) is 5.13. The number of hydrogen-bond donors (Lipinski definition) is 2. The van der Waals surface area contributed by atoms with Gasteiger partial charge in [0.05, 0.1) is 17.0 Å². The molecule has 0 radical (unpaired) electrons. The highest BCUT2D eigenvalue weighted by Gasteiger charge is 2.46. The van der Waals surface area contributed by atoms with E-state index in [4.69, 9.17) is 15.6 Å². The Labute approximate surface area is 192 Å². The number of anilines is 1. The molecule has 0 amide bonds. The van der Waals surface area contributed by atoms with Crippen LogP contribution in [0.4, 0.5) is 5.82 Å². The zero-order valence-corrected chi connectivity index (χ0v) is 18.4. The number of aromatic nitrogens is 4. The lowest BCUT2D eigenvalue weighted by atomic mass is 9.79. The molecule has 2 aliphatic rings. The summed E-state index contributed by atoms with van der Waals surface area (Å²) in [5.74, 6) is 2.46. The van der Waals surface area contributed by atoms with E-state index in [0.29, 0.717) is 11.7 Å². The van der Waals surface area contributed by atoms with Crippen LogP contribution in [0, 0.1) is 5.92 Å². The molecule has 2 aliphatic carbocycles. The third-order valence-corrected chi connectivity index (χ3v) is 7.13. The van der Waals surface area contributed by atoms with Gasteiger partial charge in [0.25, 0.3) is 0 Å². The number of nitrogens with zero attached hydrogens (tertiary/aromatic N) is 4. The largest absolute Gasteiger partial charge is 0.457 e. The molecule has 7 nitrogen and oxygen atoms in total. The molecule has 2 heterocycles. The molecular weight excluding hydrogens is 414 g/mol. The van der Waals surface area contributed by atoms with Crippen LogP contribution in [0.5, 0.6) is 11.5 Å². The first-order valence-electron chi connectivity index (χ1n) is 11.7. The van der Waals surface area contributed by atoms with Crippen LogP contribution in [0.2, 0.25) is 0 Å². The maximum absolute atomic E-state index is 11.0. The second-order valence-corrected chi connectivity index (χ2v) is 9.30. The summed E-state index contributed by atoms with van der Waals surface area (Å²) < 4.78 is 7.93. The number of ether oxygens (including phenoxy) is 1. The monoisotopic (exact) mass is 441 g/mol. The minimum Gasteiger partial charge on any atom is -0.457 e. The topological polar surface area (TPSA) is 99.1 Å². The number of hydrogen-bond acceptors (Lipinski definition) is 6. The minimum absolute atomic E-state index is 0.190. The summed E-state index contributed by atoms with van der Waals surface area (Å²) in [5, 5.41) is 16.7. The summed E-state index contributed by atoms with van der Waals surface area (Å²) in [4.78, 5) is 8.77. The molecule has 2 aromatic carbocycles. The summed E-state index contributed by atoms with van der Waals surface area (Å²) >= 11 is 0. The summed E-state index contributed by atoms with van der Waals surface area (Å²) in [6.45, 7) is 0. The van der Waals surface area contributed by atoms with Gasteiger partial charge in [-0.1, -0.05) is 18.2 Å². The van der Waals surface area contributed by atoms with E-state index in [9.17, 15) is 5.11 Å². The smallest absolute Gasteiger partial charge is 0.164 e. The summed E-state index contributed by atoms with van der Waals surface area (Å²) in [5.41, 5.74) is 8.26. The number of fused-ring (bicyclic) bond motifs is 1. The molecule has 6 rings (SSSR count). The van der Waals surface area contributed by atoms with Crippen molar-refractivity contribution in [2.45, 2.75) is 50.2 Å². The predicted molar refractivity (Wildman–Crippen MR) is 127 cm³/mol. The number of nitrogens with two attached hydrogens (primary N) is 1. The lowest BCUT2D eigenvalue weighted by Gasteiger charge is -2.36. The van der Waals surface area contributed by atoms with Gasteiger partial charge >= 0.3 is 0 Å². The Kier molecular flexibility index (Phi) is 4.80. The number of para-hydroxylation sites is 1. The highest BCUT2D eigenvalue weighted by molar-refractivity contribution is 5.98. The average Bonchev–Trinajstić information content (AvgIpc) is 3.63. The van der Waals surface area contributed by atoms with Gasteiger partial charge < -0.3 is 15.6 Å². The third-order valence-electron chi connectivity index (χ3n) is 7.13. The van der Waals surface area contributed by atoms with Crippen molar-refractivity contribution in [2.24, 2.45) is 5.92 Å². The molecule has 3 N–H and O–H groups in total. The molecule has 0 aliphatic heterocycles. The fourth-order valence-electron chi connectivity index (χ4n) is 5.13. The molecule has 2 saturated carbocycles. The first kappa shape index (κ1) is 20.2. The van der Waals surface area contributed by atoms with Crippen molar-refractivity contribution >= 4 is 16.9 Å². The van der Waals surface area contributed by atoms with Gasteiger partial charge in [0.15, 0.2) is 5.65 Å². The standard InChI is InChI=1S/C26H27N5O2/c27-24-22-23(17-6-10-21(11-7-17)33-20-4-2-1-3-5-20)30-31(25(22)29-16-28-24)19-12-14-26(32,15-13-19)18-8-9-18/h1-7,10-11,16,18-19,32H,8-9,12-15H2,(H2,27,28,29). The molecule has 0 unspecified atom stereocenters. The SMILES string of the molecule is Nc1ncnc2c1c(-c1ccc(Oc3ccccc3)cc1)nn2C1CCC(O)(C2CC2)CC1. The first-order valence-corrected chi connectivity index (χ1v) is 11.7. The molecule has 0 bridgehead atoms.